The minimum absolute atomic E-state index is 0.0141. The molecule has 1 amide bonds. The predicted octanol–water partition coefficient (Wildman–Crippen LogP) is 2.76. The molecule has 22 heavy (non-hydrogen) atoms. The molecule has 0 saturated carbocycles. The summed E-state index contributed by atoms with van der Waals surface area (Å²) in [7, 11) is 0. The number of carbonyl (C=O) groups is 3. The van der Waals surface area contributed by atoms with E-state index in [9.17, 15) is 14.4 Å². The number of ether oxygens (including phenoxy) is 2. The molecule has 0 aliphatic heterocycles. The van der Waals surface area contributed by atoms with Crippen LogP contribution >= 0.6 is 0 Å². The zero-order valence-corrected chi connectivity index (χ0v) is 13.9. The van der Waals surface area contributed by atoms with Crippen molar-refractivity contribution < 1.29 is 23.9 Å². The van der Waals surface area contributed by atoms with Crippen molar-refractivity contribution in [3.63, 3.8) is 0 Å². The van der Waals surface area contributed by atoms with Crippen LogP contribution in [0.1, 0.15) is 53.4 Å². The van der Waals surface area contributed by atoms with E-state index in [0.29, 0.717) is 12.8 Å². The second-order valence-electron chi connectivity index (χ2n) is 5.86. The molecule has 0 aliphatic carbocycles. The predicted molar refractivity (Wildman–Crippen MR) is 83.5 cm³/mol. The fraction of sp³-hybridized carbons (Fsp3) is 0.688. The number of alkyl carbamates (subject to hydrolysis) is 1. The van der Waals surface area contributed by atoms with Crippen molar-refractivity contribution in [1.82, 2.24) is 5.32 Å². The molecule has 0 aromatic carbocycles. The second kappa shape index (κ2) is 9.97. The summed E-state index contributed by atoms with van der Waals surface area (Å²) in [4.78, 5) is 35.3. The van der Waals surface area contributed by atoms with E-state index < -0.39 is 23.7 Å². The van der Waals surface area contributed by atoms with Crippen molar-refractivity contribution in [3.05, 3.63) is 12.7 Å². The van der Waals surface area contributed by atoms with E-state index in [1.165, 1.54) is 0 Å². The maximum absolute atomic E-state index is 11.9. The van der Waals surface area contributed by atoms with Gasteiger partial charge in [-0.15, -0.1) is 6.58 Å². The normalized spacial score (nSPS) is 12.2. The minimum Gasteiger partial charge on any atom is -0.464 e. The van der Waals surface area contributed by atoms with Crippen molar-refractivity contribution in [2.75, 3.05) is 6.61 Å². The van der Waals surface area contributed by atoms with E-state index in [0.717, 1.165) is 0 Å². The van der Waals surface area contributed by atoms with Crippen LogP contribution in [0.25, 0.3) is 0 Å². The first kappa shape index (κ1) is 20.1. The summed E-state index contributed by atoms with van der Waals surface area (Å²) in [6.07, 6.45) is 2.32. The maximum Gasteiger partial charge on any atom is 0.408 e. The van der Waals surface area contributed by atoms with Gasteiger partial charge < -0.3 is 14.8 Å². The first-order valence-electron chi connectivity index (χ1n) is 7.48. The Morgan fingerprint density at radius 2 is 1.86 bits per heavy atom. The Morgan fingerprint density at radius 1 is 1.23 bits per heavy atom. The first-order chi connectivity index (χ1) is 10.2. The van der Waals surface area contributed by atoms with Crippen LogP contribution in [0.2, 0.25) is 0 Å². The third kappa shape index (κ3) is 9.96. The largest absolute Gasteiger partial charge is 0.464 e. The molecule has 1 N–H and O–H groups in total. The fourth-order valence-electron chi connectivity index (χ4n) is 1.63. The van der Waals surface area contributed by atoms with Gasteiger partial charge in [0.2, 0.25) is 0 Å². The zero-order valence-electron chi connectivity index (χ0n) is 13.9. The smallest absolute Gasteiger partial charge is 0.408 e. The highest BCUT2D eigenvalue weighted by molar-refractivity contribution is 5.83. The van der Waals surface area contributed by atoms with Crippen LogP contribution in [-0.2, 0) is 19.1 Å². The molecule has 0 unspecified atom stereocenters. The number of carbonyl (C=O) groups excluding carboxylic acids is 3. The van der Waals surface area contributed by atoms with Gasteiger partial charge in [0.1, 0.15) is 17.4 Å². The van der Waals surface area contributed by atoms with Crippen LogP contribution in [0.15, 0.2) is 12.7 Å². The average molecular weight is 313 g/mol. The Hall–Kier alpha value is -1.85. The Balaban J connectivity index is 4.56. The standard InChI is InChI=1S/C16H27NO5/c1-6-8-9-12(18)10-11-13(14(19)21-7-2)17-15(20)22-16(3,4)5/h6,13H,1,7-11H2,2-5H3,(H,17,20)/t13-/m0/s1. The van der Waals surface area contributed by atoms with Crippen LogP contribution in [0.5, 0.6) is 0 Å². The van der Waals surface area contributed by atoms with Crippen molar-refractivity contribution >= 4 is 17.8 Å². The number of hydrogen-bond donors (Lipinski definition) is 1. The van der Waals surface area contributed by atoms with Gasteiger partial charge in [0.15, 0.2) is 0 Å². The van der Waals surface area contributed by atoms with Crippen molar-refractivity contribution in [3.8, 4) is 0 Å². The monoisotopic (exact) mass is 313 g/mol. The molecule has 0 aliphatic rings. The topological polar surface area (TPSA) is 81.7 Å². The van der Waals surface area contributed by atoms with Gasteiger partial charge in [-0.25, -0.2) is 9.59 Å². The number of ketones is 1. The van der Waals surface area contributed by atoms with E-state index in [1.54, 1.807) is 33.8 Å². The van der Waals surface area contributed by atoms with Gasteiger partial charge in [-0.1, -0.05) is 6.08 Å². The van der Waals surface area contributed by atoms with Crippen molar-refractivity contribution in [1.29, 1.82) is 0 Å². The molecule has 6 nitrogen and oxygen atoms in total. The van der Waals surface area contributed by atoms with Gasteiger partial charge in [-0.05, 0) is 40.5 Å². The fourth-order valence-corrected chi connectivity index (χ4v) is 1.63. The summed E-state index contributed by atoms with van der Waals surface area (Å²) in [5.74, 6) is -0.551. The van der Waals surface area contributed by atoms with Gasteiger partial charge in [-0.2, -0.15) is 0 Å². The lowest BCUT2D eigenvalue weighted by Gasteiger charge is -2.22. The van der Waals surface area contributed by atoms with E-state index in [4.69, 9.17) is 9.47 Å². The van der Waals surface area contributed by atoms with E-state index >= 15 is 0 Å². The third-order valence-electron chi connectivity index (χ3n) is 2.60. The molecule has 0 aromatic rings. The van der Waals surface area contributed by atoms with E-state index in [-0.39, 0.29) is 25.2 Å². The Bertz CT molecular complexity index is 398. The van der Waals surface area contributed by atoms with Crippen LogP contribution < -0.4 is 5.32 Å². The number of nitrogens with one attached hydrogen (secondary N) is 1. The van der Waals surface area contributed by atoms with Gasteiger partial charge in [0.25, 0.3) is 0 Å². The highest BCUT2D eigenvalue weighted by Crippen LogP contribution is 2.09. The van der Waals surface area contributed by atoms with Crippen molar-refractivity contribution in [2.24, 2.45) is 0 Å². The van der Waals surface area contributed by atoms with Crippen molar-refractivity contribution in [2.45, 2.75) is 65.0 Å². The summed E-state index contributed by atoms with van der Waals surface area (Å²) in [5, 5.41) is 2.46. The van der Waals surface area contributed by atoms with Gasteiger partial charge in [0.05, 0.1) is 6.61 Å². The molecule has 0 heterocycles. The lowest BCUT2D eigenvalue weighted by Crippen LogP contribution is -2.44. The summed E-state index contributed by atoms with van der Waals surface area (Å²) in [5.41, 5.74) is -0.664. The number of hydrogen-bond acceptors (Lipinski definition) is 5. The Kier molecular flexibility index (Phi) is 9.13. The van der Waals surface area contributed by atoms with Crippen LogP contribution in [-0.4, -0.2) is 36.1 Å². The average Bonchev–Trinajstić information content (AvgIpc) is 2.39. The number of rotatable bonds is 9. The van der Waals surface area contributed by atoms with Crippen LogP contribution in [0.4, 0.5) is 4.79 Å². The van der Waals surface area contributed by atoms with Crippen LogP contribution in [0, 0.1) is 0 Å². The molecule has 6 heteroatoms. The summed E-state index contributed by atoms with van der Waals surface area (Å²) >= 11 is 0. The molecule has 1 atom stereocenters. The lowest BCUT2D eigenvalue weighted by atomic mass is 10.1. The highest BCUT2D eigenvalue weighted by atomic mass is 16.6. The minimum atomic E-state index is -0.887. The molecule has 0 saturated heterocycles. The van der Waals surface area contributed by atoms with E-state index in [1.807, 2.05) is 0 Å². The molecule has 0 bridgehead atoms. The SMILES string of the molecule is C=CCCC(=O)CC[C@H](NC(=O)OC(C)(C)C)C(=O)OCC. The lowest BCUT2D eigenvalue weighted by molar-refractivity contribution is -0.145. The summed E-state index contributed by atoms with van der Waals surface area (Å²) < 4.78 is 10.0. The number of Topliss-reactive ketones (excluding diaryl/α,β-unsaturated/α-hetero) is 1. The molecule has 0 fully saturated rings. The van der Waals surface area contributed by atoms with Gasteiger partial charge in [-0.3, -0.25) is 4.79 Å². The quantitative estimate of drug-likeness (QED) is 0.523. The number of allylic oxidation sites excluding steroid dienone is 1. The second-order valence-corrected chi connectivity index (χ2v) is 5.86. The molecule has 0 aromatic heterocycles. The third-order valence-corrected chi connectivity index (χ3v) is 2.60. The maximum atomic E-state index is 11.9. The summed E-state index contributed by atoms with van der Waals surface area (Å²) in [6.45, 7) is 10.6. The summed E-state index contributed by atoms with van der Waals surface area (Å²) in [6, 6.07) is -0.887. The Labute approximate surface area is 132 Å². The number of esters is 1. The highest BCUT2D eigenvalue weighted by Gasteiger charge is 2.25. The van der Waals surface area contributed by atoms with Crippen LogP contribution in [0.3, 0.4) is 0 Å². The molecule has 126 valence electrons. The van der Waals surface area contributed by atoms with Gasteiger partial charge in [0, 0.05) is 12.8 Å². The number of amides is 1. The molecule has 0 rings (SSSR count). The molecular weight excluding hydrogens is 286 g/mol. The van der Waals surface area contributed by atoms with Gasteiger partial charge >= 0.3 is 12.1 Å². The molecule has 0 spiro atoms. The first-order valence-corrected chi connectivity index (χ1v) is 7.48. The Morgan fingerprint density at radius 3 is 2.36 bits per heavy atom. The molecular formula is C16H27NO5. The zero-order chi connectivity index (χ0) is 17.2. The molecule has 0 radical (unpaired) electrons. The van der Waals surface area contributed by atoms with E-state index in [2.05, 4.69) is 11.9 Å².